The van der Waals surface area contributed by atoms with Crippen molar-refractivity contribution in [1.29, 1.82) is 0 Å². The first-order valence-corrected chi connectivity index (χ1v) is 10.7. The molecule has 0 atom stereocenters. The van der Waals surface area contributed by atoms with Gasteiger partial charge in [0.15, 0.2) is 11.4 Å². The number of carbonyl (C=O) groups excluding carboxylic acids is 1. The molecule has 3 heterocycles. The molecule has 158 valence electrons. The van der Waals surface area contributed by atoms with Crippen LogP contribution in [0.25, 0.3) is 39.1 Å². The number of nitrogens with zero attached hydrogens (tertiary/aromatic N) is 3. The molecule has 33 heavy (non-hydrogen) atoms. The lowest BCUT2D eigenvalue weighted by molar-refractivity contribution is 0.101. The Morgan fingerprint density at radius 3 is 2.39 bits per heavy atom. The van der Waals surface area contributed by atoms with Gasteiger partial charge in [-0.15, -0.1) is 0 Å². The lowest BCUT2D eigenvalue weighted by Gasteiger charge is -2.04. The molecule has 0 aliphatic carbocycles. The second kappa shape index (κ2) is 7.57. The van der Waals surface area contributed by atoms with Gasteiger partial charge >= 0.3 is 0 Å². The maximum absolute atomic E-state index is 13.4. The van der Waals surface area contributed by atoms with E-state index >= 15 is 0 Å². The zero-order valence-corrected chi connectivity index (χ0v) is 17.9. The Balaban J connectivity index is 1.55. The summed E-state index contributed by atoms with van der Waals surface area (Å²) < 4.78 is 7.85. The Labute approximate surface area is 189 Å². The summed E-state index contributed by atoms with van der Waals surface area (Å²) in [6, 6.07) is 28.9. The number of aryl methyl sites for hydroxylation is 1. The summed E-state index contributed by atoms with van der Waals surface area (Å²) in [5.41, 5.74) is 6.26. The van der Waals surface area contributed by atoms with Crippen LogP contribution >= 0.6 is 0 Å². The third-order valence-electron chi connectivity index (χ3n) is 5.74. The average molecular weight is 429 g/mol. The summed E-state index contributed by atoms with van der Waals surface area (Å²) in [5, 5.41) is 5.52. The smallest absolute Gasteiger partial charge is 0.228 e. The highest BCUT2D eigenvalue weighted by molar-refractivity contribution is 6.15. The topological polar surface area (TPSA) is 60.4 Å². The molecule has 3 aromatic carbocycles. The Bertz CT molecular complexity index is 1630. The van der Waals surface area contributed by atoms with Gasteiger partial charge in [0, 0.05) is 28.8 Å². The number of ketones is 1. The zero-order chi connectivity index (χ0) is 22.4. The molecule has 0 fully saturated rings. The summed E-state index contributed by atoms with van der Waals surface area (Å²) in [5.74, 6) is 0.126. The normalized spacial score (nSPS) is 11.3. The van der Waals surface area contributed by atoms with E-state index in [0.29, 0.717) is 33.8 Å². The minimum atomic E-state index is -0.167. The van der Waals surface area contributed by atoms with Crippen molar-refractivity contribution in [2.24, 2.45) is 0 Å². The highest BCUT2D eigenvalue weighted by Crippen LogP contribution is 2.36. The van der Waals surface area contributed by atoms with Crippen LogP contribution in [0.15, 0.2) is 102 Å². The molecule has 0 saturated heterocycles. The van der Waals surface area contributed by atoms with Gasteiger partial charge in [-0.25, -0.2) is 9.50 Å². The van der Waals surface area contributed by atoms with Crippen LogP contribution < -0.4 is 0 Å². The van der Waals surface area contributed by atoms with Crippen LogP contribution in [0, 0.1) is 6.92 Å². The lowest BCUT2D eigenvalue weighted by atomic mass is 10.0. The Hall–Kier alpha value is -4.51. The molecule has 6 rings (SSSR count). The molecule has 0 unspecified atom stereocenters. The average Bonchev–Trinajstić information content (AvgIpc) is 3.45. The molecule has 6 aromatic rings. The summed E-state index contributed by atoms with van der Waals surface area (Å²) >= 11 is 0. The summed E-state index contributed by atoms with van der Waals surface area (Å²) in [4.78, 5) is 18.3. The fraction of sp³-hybridized carbons (Fsp3) is 0.0357. The number of benzene rings is 3. The molecule has 5 heteroatoms. The summed E-state index contributed by atoms with van der Waals surface area (Å²) in [6.45, 7) is 2.02. The first-order valence-electron chi connectivity index (χ1n) is 10.7. The molecule has 0 spiro atoms. The van der Waals surface area contributed by atoms with E-state index in [-0.39, 0.29) is 5.78 Å². The van der Waals surface area contributed by atoms with Gasteiger partial charge in [-0.1, -0.05) is 72.3 Å². The van der Waals surface area contributed by atoms with Gasteiger partial charge in [-0.3, -0.25) is 4.79 Å². The molecule has 0 bridgehead atoms. The number of aromatic nitrogens is 3. The van der Waals surface area contributed by atoms with Crippen LogP contribution in [0.5, 0.6) is 0 Å². The van der Waals surface area contributed by atoms with Gasteiger partial charge in [-0.05, 0) is 25.1 Å². The number of carbonyl (C=O) groups is 1. The van der Waals surface area contributed by atoms with Crippen molar-refractivity contribution in [2.45, 2.75) is 6.92 Å². The fourth-order valence-electron chi connectivity index (χ4n) is 4.12. The van der Waals surface area contributed by atoms with Crippen LogP contribution in [-0.4, -0.2) is 20.4 Å². The largest absolute Gasteiger partial charge is 0.452 e. The quantitative estimate of drug-likeness (QED) is 0.306. The Kier molecular flexibility index (Phi) is 4.40. The van der Waals surface area contributed by atoms with Crippen molar-refractivity contribution in [3.8, 4) is 22.5 Å². The molecular weight excluding hydrogens is 410 g/mol. The zero-order valence-electron chi connectivity index (χ0n) is 17.9. The van der Waals surface area contributed by atoms with Crippen LogP contribution in [0.1, 0.15) is 21.7 Å². The van der Waals surface area contributed by atoms with E-state index in [9.17, 15) is 4.79 Å². The maximum atomic E-state index is 13.4. The highest BCUT2D eigenvalue weighted by atomic mass is 16.3. The highest BCUT2D eigenvalue weighted by Gasteiger charge is 2.24. The molecule has 0 radical (unpaired) electrons. The molecular formula is C28H19N3O2. The molecule has 0 amide bonds. The Morgan fingerprint density at radius 2 is 1.61 bits per heavy atom. The van der Waals surface area contributed by atoms with Crippen molar-refractivity contribution in [3.63, 3.8) is 0 Å². The van der Waals surface area contributed by atoms with Gasteiger partial charge in [0.25, 0.3) is 0 Å². The third kappa shape index (κ3) is 3.31. The van der Waals surface area contributed by atoms with Gasteiger partial charge in [0.1, 0.15) is 5.58 Å². The van der Waals surface area contributed by atoms with E-state index in [1.54, 1.807) is 16.6 Å². The second-order valence-corrected chi connectivity index (χ2v) is 8.01. The summed E-state index contributed by atoms with van der Waals surface area (Å²) in [7, 11) is 0. The molecule has 5 nitrogen and oxygen atoms in total. The molecule has 0 aliphatic heterocycles. The van der Waals surface area contributed by atoms with E-state index in [1.165, 1.54) is 0 Å². The monoisotopic (exact) mass is 429 g/mol. The molecule has 0 aliphatic rings. The van der Waals surface area contributed by atoms with Crippen molar-refractivity contribution >= 4 is 22.4 Å². The predicted octanol–water partition coefficient (Wildman–Crippen LogP) is 6.35. The maximum Gasteiger partial charge on any atom is 0.228 e. The SMILES string of the molecule is Cc1ccc2oc(C(=O)c3ccccc3)c(-c3ccn4nc(-c5ccccc5)cc4n3)c2c1. The molecule has 0 N–H and O–H groups in total. The number of hydrogen-bond donors (Lipinski definition) is 0. The lowest BCUT2D eigenvalue weighted by Crippen LogP contribution is -2.02. The van der Waals surface area contributed by atoms with E-state index < -0.39 is 0 Å². The number of rotatable bonds is 4. The van der Waals surface area contributed by atoms with Crippen LogP contribution in [0.3, 0.4) is 0 Å². The third-order valence-corrected chi connectivity index (χ3v) is 5.74. The van der Waals surface area contributed by atoms with Gasteiger partial charge in [-0.2, -0.15) is 5.10 Å². The van der Waals surface area contributed by atoms with E-state index in [0.717, 1.165) is 22.2 Å². The van der Waals surface area contributed by atoms with Crippen molar-refractivity contribution in [3.05, 3.63) is 114 Å². The van der Waals surface area contributed by atoms with E-state index in [1.807, 2.05) is 92.0 Å². The van der Waals surface area contributed by atoms with Crippen molar-refractivity contribution in [2.75, 3.05) is 0 Å². The number of hydrogen-bond acceptors (Lipinski definition) is 4. The van der Waals surface area contributed by atoms with Crippen molar-refractivity contribution < 1.29 is 9.21 Å². The van der Waals surface area contributed by atoms with E-state index in [4.69, 9.17) is 9.40 Å². The van der Waals surface area contributed by atoms with Gasteiger partial charge in [0.05, 0.1) is 17.0 Å². The standard InChI is InChI=1S/C28H19N3O2/c1-18-12-13-24-21(16-18)26(28(33-24)27(32)20-10-6-3-7-11-20)22-14-15-31-25(29-22)17-23(30-31)19-8-4-2-5-9-19/h2-17H,1H3. The van der Waals surface area contributed by atoms with E-state index in [2.05, 4.69) is 5.10 Å². The predicted molar refractivity (Wildman–Crippen MR) is 128 cm³/mol. The van der Waals surface area contributed by atoms with Gasteiger partial charge < -0.3 is 4.42 Å². The number of fused-ring (bicyclic) bond motifs is 2. The van der Waals surface area contributed by atoms with Crippen molar-refractivity contribution in [1.82, 2.24) is 14.6 Å². The fourth-order valence-corrected chi connectivity index (χ4v) is 4.12. The van der Waals surface area contributed by atoms with Crippen LogP contribution in [0.2, 0.25) is 0 Å². The van der Waals surface area contributed by atoms with Crippen LogP contribution in [-0.2, 0) is 0 Å². The molecule has 0 saturated carbocycles. The number of furan rings is 1. The summed E-state index contributed by atoms with van der Waals surface area (Å²) in [6.07, 6.45) is 1.87. The molecule has 3 aromatic heterocycles. The minimum absolute atomic E-state index is 0.167. The van der Waals surface area contributed by atoms with Gasteiger partial charge in [0.2, 0.25) is 5.78 Å². The minimum Gasteiger partial charge on any atom is -0.452 e. The Morgan fingerprint density at radius 1 is 0.848 bits per heavy atom. The first kappa shape index (κ1) is 19.2. The van der Waals surface area contributed by atoms with Crippen LogP contribution in [0.4, 0.5) is 0 Å². The first-order chi connectivity index (χ1) is 16.2. The second-order valence-electron chi connectivity index (χ2n) is 8.01.